The molecule has 0 saturated heterocycles. The minimum Gasteiger partial charge on any atom is -0.333 e. The molecular formula is C25H36N2O2S. The number of hydrogen-bond donors (Lipinski definition) is 0. The Labute approximate surface area is 185 Å². The minimum atomic E-state index is 0.0133. The Hall–Kier alpha value is -2.14. The molecule has 5 heteroatoms. The number of carbonyl (C=O) groups excluding carboxylic acids is 2. The monoisotopic (exact) mass is 428 g/mol. The summed E-state index contributed by atoms with van der Waals surface area (Å²) in [7, 11) is 0. The molecule has 1 atom stereocenters. The summed E-state index contributed by atoms with van der Waals surface area (Å²) in [6.45, 7) is 8.34. The number of unbranched alkanes of at least 4 members (excludes halogenated alkanes) is 2. The number of hydrogen-bond acceptors (Lipinski definition) is 3. The summed E-state index contributed by atoms with van der Waals surface area (Å²) >= 11 is 1.66. The maximum absolute atomic E-state index is 13.3. The number of benzene rings is 1. The summed E-state index contributed by atoms with van der Waals surface area (Å²) in [5.41, 5.74) is 1.10. The van der Waals surface area contributed by atoms with Crippen molar-refractivity contribution in [1.82, 2.24) is 9.80 Å². The quantitative estimate of drug-likeness (QED) is 0.382. The van der Waals surface area contributed by atoms with Crippen LogP contribution in [0.1, 0.15) is 63.3 Å². The fourth-order valence-electron chi connectivity index (χ4n) is 3.33. The molecule has 2 aromatic rings. The fourth-order valence-corrected chi connectivity index (χ4v) is 4.05. The first kappa shape index (κ1) is 24.1. The number of carbonyl (C=O) groups is 2. The van der Waals surface area contributed by atoms with E-state index in [0.29, 0.717) is 32.0 Å². The van der Waals surface area contributed by atoms with Gasteiger partial charge in [-0.2, -0.15) is 0 Å². The van der Waals surface area contributed by atoms with Gasteiger partial charge >= 0.3 is 0 Å². The smallest absolute Gasteiger partial charge is 0.242 e. The van der Waals surface area contributed by atoms with E-state index in [4.69, 9.17) is 0 Å². The van der Waals surface area contributed by atoms with Crippen LogP contribution in [0.15, 0.2) is 47.8 Å². The molecule has 0 aliphatic carbocycles. The second-order valence-corrected chi connectivity index (χ2v) is 9.09. The normalized spacial score (nSPS) is 11.8. The third kappa shape index (κ3) is 8.31. The third-order valence-electron chi connectivity index (χ3n) is 5.40. The highest BCUT2D eigenvalue weighted by molar-refractivity contribution is 7.09. The van der Waals surface area contributed by atoms with Crippen molar-refractivity contribution < 1.29 is 9.59 Å². The van der Waals surface area contributed by atoms with E-state index in [1.165, 1.54) is 0 Å². The van der Waals surface area contributed by atoms with Gasteiger partial charge in [0, 0.05) is 24.4 Å². The van der Waals surface area contributed by atoms with Gasteiger partial charge < -0.3 is 9.80 Å². The molecule has 1 aromatic heterocycles. The molecule has 30 heavy (non-hydrogen) atoms. The van der Waals surface area contributed by atoms with E-state index in [9.17, 15) is 9.59 Å². The lowest BCUT2D eigenvalue weighted by atomic mass is 10.1. The van der Waals surface area contributed by atoms with E-state index >= 15 is 0 Å². The summed E-state index contributed by atoms with van der Waals surface area (Å²) in [5.74, 6) is 0.500. The first-order chi connectivity index (χ1) is 14.5. The molecule has 4 nitrogen and oxygen atoms in total. The van der Waals surface area contributed by atoms with Crippen LogP contribution < -0.4 is 0 Å². The SMILES string of the molecule is CCCCCC(=O)N(CC(=O)N(Cc1ccccc1)Cc1cccs1)C[C@@H](C)CC. The fraction of sp³-hybridized carbons (Fsp3) is 0.520. The van der Waals surface area contributed by atoms with Gasteiger partial charge in [0.2, 0.25) is 11.8 Å². The zero-order valence-electron chi connectivity index (χ0n) is 18.7. The summed E-state index contributed by atoms with van der Waals surface area (Å²) in [6.07, 6.45) is 4.55. The van der Waals surface area contributed by atoms with Gasteiger partial charge in [0.15, 0.2) is 0 Å². The number of rotatable bonds is 13. The van der Waals surface area contributed by atoms with Crippen molar-refractivity contribution in [3.63, 3.8) is 0 Å². The predicted molar refractivity (Wildman–Crippen MR) is 125 cm³/mol. The van der Waals surface area contributed by atoms with Gasteiger partial charge in [0.1, 0.15) is 0 Å². The van der Waals surface area contributed by atoms with Gasteiger partial charge in [-0.15, -0.1) is 11.3 Å². The Morgan fingerprint density at radius 2 is 1.70 bits per heavy atom. The van der Waals surface area contributed by atoms with E-state index in [1.54, 1.807) is 16.2 Å². The molecule has 0 aliphatic heterocycles. The first-order valence-corrected chi connectivity index (χ1v) is 12.0. The largest absolute Gasteiger partial charge is 0.333 e. The summed E-state index contributed by atoms with van der Waals surface area (Å²) < 4.78 is 0. The maximum atomic E-state index is 13.3. The molecule has 0 radical (unpaired) electrons. The molecule has 2 amide bonds. The molecular weight excluding hydrogens is 392 g/mol. The van der Waals surface area contributed by atoms with E-state index in [1.807, 2.05) is 46.7 Å². The molecule has 0 unspecified atom stereocenters. The van der Waals surface area contributed by atoms with Crippen molar-refractivity contribution >= 4 is 23.2 Å². The van der Waals surface area contributed by atoms with Crippen LogP contribution in [0.25, 0.3) is 0 Å². The van der Waals surface area contributed by atoms with Gasteiger partial charge in [-0.25, -0.2) is 0 Å². The Kier molecular flexibility index (Phi) is 10.6. The predicted octanol–water partition coefficient (Wildman–Crippen LogP) is 5.73. The maximum Gasteiger partial charge on any atom is 0.242 e. The number of amides is 2. The molecule has 1 heterocycles. The van der Waals surface area contributed by atoms with Crippen LogP contribution >= 0.6 is 11.3 Å². The standard InChI is InChI=1S/C25H36N2O2S/c1-4-6-8-15-24(28)26(17-21(3)5-2)20-25(29)27(19-23-14-11-16-30-23)18-22-12-9-7-10-13-22/h7,9-14,16,21H,4-6,8,15,17-20H2,1-3H3/t21-/m0/s1. The van der Waals surface area contributed by atoms with Gasteiger partial charge in [-0.05, 0) is 29.3 Å². The van der Waals surface area contributed by atoms with E-state index in [0.717, 1.165) is 36.1 Å². The molecule has 1 aromatic carbocycles. The van der Waals surface area contributed by atoms with E-state index < -0.39 is 0 Å². The number of nitrogens with zero attached hydrogens (tertiary/aromatic N) is 2. The Bertz CT molecular complexity index is 746. The molecule has 164 valence electrons. The molecule has 0 spiro atoms. The summed E-state index contributed by atoms with van der Waals surface area (Å²) in [4.78, 5) is 31.0. The van der Waals surface area contributed by atoms with Gasteiger partial charge in [0.25, 0.3) is 0 Å². The van der Waals surface area contributed by atoms with Crippen molar-refractivity contribution in [2.24, 2.45) is 5.92 Å². The van der Waals surface area contributed by atoms with Crippen molar-refractivity contribution in [3.05, 3.63) is 58.3 Å². The topological polar surface area (TPSA) is 40.6 Å². The van der Waals surface area contributed by atoms with E-state index in [-0.39, 0.29) is 18.4 Å². The Morgan fingerprint density at radius 1 is 0.933 bits per heavy atom. The Morgan fingerprint density at radius 3 is 2.33 bits per heavy atom. The molecule has 0 saturated carbocycles. The van der Waals surface area contributed by atoms with Gasteiger partial charge in [-0.1, -0.05) is 76.4 Å². The summed E-state index contributed by atoms with van der Waals surface area (Å²) in [5, 5.41) is 2.03. The van der Waals surface area contributed by atoms with Crippen LogP contribution in [-0.4, -0.2) is 34.7 Å². The first-order valence-electron chi connectivity index (χ1n) is 11.1. The lowest BCUT2D eigenvalue weighted by Crippen LogP contribution is -2.44. The second-order valence-electron chi connectivity index (χ2n) is 8.06. The summed E-state index contributed by atoms with van der Waals surface area (Å²) in [6, 6.07) is 14.1. The highest BCUT2D eigenvalue weighted by Gasteiger charge is 2.23. The van der Waals surface area contributed by atoms with Crippen molar-refractivity contribution in [2.45, 2.75) is 66.0 Å². The van der Waals surface area contributed by atoms with Gasteiger partial charge in [-0.3, -0.25) is 9.59 Å². The lowest BCUT2D eigenvalue weighted by molar-refractivity contribution is -0.141. The molecule has 0 bridgehead atoms. The highest BCUT2D eigenvalue weighted by atomic mass is 32.1. The van der Waals surface area contributed by atoms with Crippen molar-refractivity contribution in [1.29, 1.82) is 0 Å². The second kappa shape index (κ2) is 13.2. The van der Waals surface area contributed by atoms with Crippen LogP contribution in [-0.2, 0) is 22.7 Å². The number of thiophene rings is 1. The van der Waals surface area contributed by atoms with Crippen LogP contribution in [0.5, 0.6) is 0 Å². The molecule has 0 fully saturated rings. The van der Waals surface area contributed by atoms with Gasteiger partial charge in [0.05, 0.1) is 13.1 Å². The lowest BCUT2D eigenvalue weighted by Gasteiger charge is -2.29. The molecule has 2 rings (SSSR count). The molecule has 0 aliphatic rings. The molecule has 0 N–H and O–H groups in total. The average molecular weight is 429 g/mol. The Balaban J connectivity index is 2.11. The third-order valence-corrected chi connectivity index (χ3v) is 6.26. The van der Waals surface area contributed by atoms with Crippen LogP contribution in [0.2, 0.25) is 0 Å². The zero-order chi connectivity index (χ0) is 21.8. The van der Waals surface area contributed by atoms with Crippen LogP contribution in [0.3, 0.4) is 0 Å². The van der Waals surface area contributed by atoms with Crippen LogP contribution in [0, 0.1) is 5.92 Å². The van der Waals surface area contributed by atoms with E-state index in [2.05, 4.69) is 26.8 Å². The highest BCUT2D eigenvalue weighted by Crippen LogP contribution is 2.16. The van der Waals surface area contributed by atoms with Crippen molar-refractivity contribution in [3.8, 4) is 0 Å². The zero-order valence-corrected chi connectivity index (χ0v) is 19.5. The van der Waals surface area contributed by atoms with Crippen LogP contribution in [0.4, 0.5) is 0 Å². The minimum absolute atomic E-state index is 0.0133. The van der Waals surface area contributed by atoms with Crippen molar-refractivity contribution in [2.75, 3.05) is 13.1 Å². The average Bonchev–Trinajstić information content (AvgIpc) is 3.26.